The fraction of sp³-hybridized carbons (Fsp3) is 0.200. The Balaban J connectivity index is 1.82. The van der Waals surface area contributed by atoms with Crippen LogP contribution in [0.2, 0.25) is 0 Å². The van der Waals surface area contributed by atoms with E-state index in [0.29, 0.717) is 23.5 Å². The molecule has 0 fully saturated rings. The van der Waals surface area contributed by atoms with Crippen LogP contribution in [0.5, 0.6) is 0 Å². The van der Waals surface area contributed by atoms with Crippen molar-refractivity contribution in [1.29, 1.82) is 0 Å². The van der Waals surface area contributed by atoms with Crippen molar-refractivity contribution in [3.05, 3.63) is 76.6 Å². The van der Waals surface area contributed by atoms with Crippen LogP contribution in [0.4, 0.5) is 0 Å². The molecule has 0 aliphatic heterocycles. The first-order chi connectivity index (χ1) is 12.9. The van der Waals surface area contributed by atoms with E-state index in [4.69, 9.17) is 5.73 Å². The van der Waals surface area contributed by atoms with E-state index >= 15 is 0 Å². The second-order valence-electron chi connectivity index (χ2n) is 6.50. The highest BCUT2D eigenvalue weighted by Crippen LogP contribution is 2.16. The summed E-state index contributed by atoms with van der Waals surface area (Å²) in [5, 5.41) is 8.21. The standard InChI is InChI=1S/C20H21N5O2/c1-13-6-4-9-17(10-13)25-14(2)18(22-23-25)20(27)24(3)12-15-7-5-8-16(11-15)19(21)26/h4-11H,12H2,1-3H3,(H2,21,26). The van der Waals surface area contributed by atoms with Gasteiger partial charge in [-0.25, -0.2) is 4.68 Å². The summed E-state index contributed by atoms with van der Waals surface area (Å²) in [6.07, 6.45) is 0. The largest absolute Gasteiger partial charge is 0.366 e. The van der Waals surface area contributed by atoms with Crippen molar-refractivity contribution >= 4 is 11.8 Å². The summed E-state index contributed by atoms with van der Waals surface area (Å²) in [5.41, 5.74) is 9.46. The van der Waals surface area contributed by atoms with Crippen molar-refractivity contribution in [3.8, 4) is 5.69 Å². The van der Waals surface area contributed by atoms with Gasteiger partial charge in [0.1, 0.15) is 0 Å². The summed E-state index contributed by atoms with van der Waals surface area (Å²) >= 11 is 0. The van der Waals surface area contributed by atoms with E-state index in [9.17, 15) is 9.59 Å². The molecule has 0 spiro atoms. The van der Waals surface area contributed by atoms with Crippen molar-refractivity contribution in [1.82, 2.24) is 19.9 Å². The van der Waals surface area contributed by atoms with E-state index in [2.05, 4.69) is 10.3 Å². The molecule has 2 amide bonds. The summed E-state index contributed by atoms with van der Waals surface area (Å²) < 4.78 is 1.65. The van der Waals surface area contributed by atoms with Crippen LogP contribution in [0.15, 0.2) is 48.5 Å². The average Bonchev–Trinajstić information content (AvgIpc) is 3.02. The van der Waals surface area contributed by atoms with Gasteiger partial charge in [-0.05, 0) is 49.2 Å². The van der Waals surface area contributed by atoms with Crippen LogP contribution in [0.1, 0.15) is 37.7 Å². The minimum absolute atomic E-state index is 0.240. The van der Waals surface area contributed by atoms with Crippen LogP contribution >= 0.6 is 0 Å². The van der Waals surface area contributed by atoms with Gasteiger partial charge in [-0.2, -0.15) is 0 Å². The maximum Gasteiger partial charge on any atom is 0.276 e. The van der Waals surface area contributed by atoms with Crippen LogP contribution < -0.4 is 5.73 Å². The van der Waals surface area contributed by atoms with Crippen LogP contribution in [-0.2, 0) is 6.54 Å². The number of aryl methyl sites for hydroxylation is 1. The van der Waals surface area contributed by atoms with Gasteiger partial charge < -0.3 is 10.6 Å². The van der Waals surface area contributed by atoms with Crippen LogP contribution in [0.3, 0.4) is 0 Å². The third-order valence-corrected chi connectivity index (χ3v) is 4.32. The molecule has 1 heterocycles. The van der Waals surface area contributed by atoms with Gasteiger partial charge in [0.15, 0.2) is 5.69 Å². The van der Waals surface area contributed by atoms with Gasteiger partial charge >= 0.3 is 0 Å². The number of nitrogens with zero attached hydrogens (tertiary/aromatic N) is 4. The smallest absolute Gasteiger partial charge is 0.276 e. The Labute approximate surface area is 157 Å². The molecule has 1 aromatic heterocycles. The van der Waals surface area contributed by atoms with Crippen molar-refractivity contribution in [2.45, 2.75) is 20.4 Å². The predicted molar refractivity (Wildman–Crippen MR) is 102 cm³/mol. The Hall–Kier alpha value is -3.48. The quantitative estimate of drug-likeness (QED) is 0.752. The molecule has 7 nitrogen and oxygen atoms in total. The number of amides is 2. The Morgan fingerprint density at radius 2 is 1.85 bits per heavy atom. The molecular formula is C20H21N5O2. The minimum Gasteiger partial charge on any atom is -0.366 e. The zero-order valence-electron chi connectivity index (χ0n) is 15.5. The van der Waals surface area contributed by atoms with Gasteiger partial charge in [0, 0.05) is 19.2 Å². The summed E-state index contributed by atoms with van der Waals surface area (Å²) in [4.78, 5) is 25.7. The molecule has 2 N–H and O–H groups in total. The van der Waals surface area contributed by atoms with Gasteiger partial charge in [-0.15, -0.1) is 5.10 Å². The lowest BCUT2D eigenvalue weighted by molar-refractivity contribution is 0.0778. The molecule has 0 saturated heterocycles. The monoisotopic (exact) mass is 363 g/mol. The zero-order chi connectivity index (χ0) is 19.6. The summed E-state index contributed by atoms with van der Waals surface area (Å²) in [6, 6.07) is 14.7. The molecule has 3 aromatic rings. The highest BCUT2D eigenvalue weighted by Gasteiger charge is 2.21. The van der Waals surface area contributed by atoms with Crippen molar-refractivity contribution in [2.75, 3.05) is 7.05 Å². The van der Waals surface area contributed by atoms with E-state index in [1.165, 1.54) is 4.90 Å². The van der Waals surface area contributed by atoms with Crippen LogP contribution in [0, 0.1) is 13.8 Å². The maximum atomic E-state index is 12.8. The third-order valence-electron chi connectivity index (χ3n) is 4.32. The Morgan fingerprint density at radius 3 is 2.56 bits per heavy atom. The lowest BCUT2D eigenvalue weighted by Crippen LogP contribution is -2.27. The molecule has 0 saturated carbocycles. The third kappa shape index (κ3) is 3.87. The first kappa shape index (κ1) is 18.3. The van der Waals surface area contributed by atoms with E-state index < -0.39 is 5.91 Å². The summed E-state index contributed by atoms with van der Waals surface area (Å²) in [6.45, 7) is 4.14. The SMILES string of the molecule is Cc1cccc(-n2nnc(C(=O)N(C)Cc3cccc(C(N)=O)c3)c2C)c1. The Kier molecular flexibility index (Phi) is 5.03. The summed E-state index contributed by atoms with van der Waals surface area (Å²) in [5.74, 6) is -0.737. The number of rotatable bonds is 5. The molecule has 3 rings (SSSR count). The van der Waals surface area contributed by atoms with E-state index in [1.807, 2.05) is 44.2 Å². The first-order valence-corrected chi connectivity index (χ1v) is 8.50. The Morgan fingerprint density at radius 1 is 1.11 bits per heavy atom. The van der Waals surface area contributed by atoms with E-state index in [-0.39, 0.29) is 5.91 Å². The molecule has 27 heavy (non-hydrogen) atoms. The van der Waals surface area contributed by atoms with Crippen molar-refractivity contribution < 1.29 is 9.59 Å². The number of carbonyl (C=O) groups excluding carboxylic acids is 2. The van der Waals surface area contributed by atoms with Gasteiger partial charge in [-0.3, -0.25) is 9.59 Å². The normalized spacial score (nSPS) is 10.6. The van der Waals surface area contributed by atoms with Crippen LogP contribution in [-0.4, -0.2) is 38.8 Å². The first-order valence-electron chi connectivity index (χ1n) is 8.50. The van der Waals surface area contributed by atoms with E-state index in [0.717, 1.165) is 16.8 Å². The molecule has 0 radical (unpaired) electrons. The predicted octanol–water partition coefficient (Wildman–Crippen LogP) is 2.26. The fourth-order valence-electron chi connectivity index (χ4n) is 2.88. The number of hydrogen-bond donors (Lipinski definition) is 1. The molecule has 0 aliphatic rings. The number of nitrogens with two attached hydrogens (primary N) is 1. The molecular weight excluding hydrogens is 342 g/mol. The maximum absolute atomic E-state index is 12.8. The van der Waals surface area contributed by atoms with E-state index in [1.54, 1.807) is 29.9 Å². The van der Waals surface area contributed by atoms with Gasteiger partial charge in [-0.1, -0.05) is 29.5 Å². The number of benzene rings is 2. The van der Waals surface area contributed by atoms with Gasteiger partial charge in [0.05, 0.1) is 11.4 Å². The average molecular weight is 363 g/mol. The van der Waals surface area contributed by atoms with Gasteiger partial charge in [0.25, 0.3) is 5.91 Å². The summed E-state index contributed by atoms with van der Waals surface area (Å²) in [7, 11) is 1.68. The topological polar surface area (TPSA) is 94.1 Å². The highest BCUT2D eigenvalue weighted by molar-refractivity contribution is 5.94. The lowest BCUT2D eigenvalue weighted by Gasteiger charge is -2.16. The zero-order valence-corrected chi connectivity index (χ0v) is 15.5. The molecule has 138 valence electrons. The number of hydrogen-bond acceptors (Lipinski definition) is 4. The Bertz CT molecular complexity index is 1010. The fourth-order valence-corrected chi connectivity index (χ4v) is 2.88. The molecule has 2 aromatic carbocycles. The molecule has 0 unspecified atom stereocenters. The number of aromatic nitrogens is 3. The second-order valence-corrected chi connectivity index (χ2v) is 6.50. The molecule has 0 aliphatic carbocycles. The minimum atomic E-state index is -0.497. The highest BCUT2D eigenvalue weighted by atomic mass is 16.2. The van der Waals surface area contributed by atoms with Crippen molar-refractivity contribution in [3.63, 3.8) is 0 Å². The van der Waals surface area contributed by atoms with Crippen molar-refractivity contribution in [2.24, 2.45) is 5.73 Å². The van der Waals surface area contributed by atoms with Gasteiger partial charge in [0.2, 0.25) is 5.91 Å². The molecule has 0 atom stereocenters. The second kappa shape index (κ2) is 7.41. The van der Waals surface area contributed by atoms with Crippen LogP contribution in [0.25, 0.3) is 5.69 Å². The molecule has 0 bridgehead atoms. The number of primary amides is 1. The molecule has 7 heteroatoms. The lowest BCUT2D eigenvalue weighted by atomic mass is 10.1. The number of carbonyl (C=O) groups is 2.